The lowest BCUT2D eigenvalue weighted by Gasteiger charge is -2.52. The van der Waals surface area contributed by atoms with E-state index in [1.54, 1.807) is 0 Å². The molecule has 2 saturated carbocycles. The van der Waals surface area contributed by atoms with Gasteiger partial charge >= 0.3 is 0 Å². The van der Waals surface area contributed by atoms with Gasteiger partial charge in [0.05, 0.1) is 0 Å². The van der Waals surface area contributed by atoms with Crippen molar-refractivity contribution in [3.8, 4) is 0 Å². The summed E-state index contributed by atoms with van der Waals surface area (Å²) in [5.74, 6) is 4.73. The van der Waals surface area contributed by atoms with Crippen molar-refractivity contribution in [2.24, 2.45) is 35.0 Å². The Morgan fingerprint density at radius 1 is 1.04 bits per heavy atom. The molecule has 5 unspecified atom stereocenters. The van der Waals surface area contributed by atoms with Crippen LogP contribution in [0.15, 0.2) is 23.8 Å². The van der Waals surface area contributed by atoms with Gasteiger partial charge in [0, 0.05) is 0 Å². The molecule has 23 heavy (non-hydrogen) atoms. The number of allylic oxidation sites excluding steroid dienone is 3. The Morgan fingerprint density at radius 2 is 1.83 bits per heavy atom. The van der Waals surface area contributed by atoms with E-state index in [1.165, 1.54) is 57.8 Å². The van der Waals surface area contributed by atoms with Gasteiger partial charge in [-0.05, 0) is 92.8 Å². The molecule has 6 atom stereocenters. The first-order valence-electron chi connectivity index (χ1n) is 10.5. The third-order valence-corrected chi connectivity index (χ3v) is 7.98. The monoisotopic (exact) mass is 314 g/mol. The summed E-state index contributed by atoms with van der Waals surface area (Å²) in [5, 5.41) is 0. The van der Waals surface area contributed by atoms with Crippen molar-refractivity contribution in [2.75, 3.05) is 0 Å². The lowest BCUT2D eigenvalue weighted by molar-refractivity contribution is 0.0236. The van der Waals surface area contributed by atoms with E-state index in [0.717, 1.165) is 29.6 Å². The van der Waals surface area contributed by atoms with Gasteiger partial charge in [-0.3, -0.25) is 0 Å². The van der Waals surface area contributed by atoms with Gasteiger partial charge in [-0.25, -0.2) is 0 Å². The maximum atomic E-state index is 4.15. The Bertz CT molecular complexity index is 470. The van der Waals surface area contributed by atoms with E-state index in [0.29, 0.717) is 5.41 Å². The van der Waals surface area contributed by atoms with Crippen LogP contribution in [0, 0.1) is 35.0 Å². The average Bonchev–Trinajstić information content (AvgIpc) is 2.92. The molecule has 0 bridgehead atoms. The fourth-order valence-electron chi connectivity index (χ4n) is 6.83. The zero-order valence-corrected chi connectivity index (χ0v) is 16.0. The lowest BCUT2D eigenvalue weighted by atomic mass is 9.53. The molecule has 0 aromatic rings. The van der Waals surface area contributed by atoms with Crippen molar-refractivity contribution in [3.05, 3.63) is 23.8 Å². The van der Waals surface area contributed by atoms with Crippen molar-refractivity contribution in [2.45, 2.75) is 85.5 Å². The van der Waals surface area contributed by atoms with Crippen molar-refractivity contribution in [3.63, 3.8) is 0 Å². The summed E-state index contributed by atoms with van der Waals surface area (Å²) < 4.78 is 0. The summed E-state index contributed by atoms with van der Waals surface area (Å²) in [6.07, 6.45) is 15.4. The third kappa shape index (κ3) is 2.75. The van der Waals surface area contributed by atoms with Crippen molar-refractivity contribution in [1.29, 1.82) is 0 Å². The number of fused-ring (bicyclic) bond motifs is 4. The van der Waals surface area contributed by atoms with E-state index in [9.17, 15) is 0 Å². The molecule has 4 rings (SSSR count). The summed E-state index contributed by atoms with van der Waals surface area (Å²) in [4.78, 5) is 0. The quantitative estimate of drug-likeness (QED) is 0.450. The second-order valence-corrected chi connectivity index (χ2v) is 8.86. The molecule has 0 nitrogen and oxygen atoms in total. The Kier molecular flexibility index (Phi) is 5.09. The minimum Gasteiger partial charge on any atom is -0.103 e. The summed E-state index contributed by atoms with van der Waals surface area (Å²) in [6, 6.07) is 0. The van der Waals surface area contributed by atoms with E-state index >= 15 is 0 Å². The van der Waals surface area contributed by atoms with Gasteiger partial charge in [-0.1, -0.05) is 44.9 Å². The lowest BCUT2D eigenvalue weighted by Crippen LogP contribution is -2.43. The molecule has 0 saturated heterocycles. The van der Waals surface area contributed by atoms with Gasteiger partial charge in [0.15, 0.2) is 0 Å². The van der Waals surface area contributed by atoms with Crippen LogP contribution in [0.2, 0.25) is 0 Å². The fraction of sp³-hybridized carbons (Fsp3) is 0.826. The zero-order chi connectivity index (χ0) is 16.6. The molecule has 0 aromatic carbocycles. The highest BCUT2D eigenvalue weighted by molar-refractivity contribution is 5.27. The largest absolute Gasteiger partial charge is 0.103 e. The highest BCUT2D eigenvalue weighted by atomic mass is 14.6. The fourth-order valence-corrected chi connectivity index (χ4v) is 6.83. The number of hydrogen-bond acceptors (Lipinski definition) is 0. The van der Waals surface area contributed by atoms with Crippen LogP contribution >= 0.6 is 0 Å². The Hall–Kier alpha value is -0.520. The smallest absolute Gasteiger partial charge is 0.0169 e. The standard InChI is InChI=1S/C21H32.C2H6/c1-4-16-7-10-20-19-9-6-15-13-14(2)5-8-17(15)18(19)11-12-21(16,20)3;1-2/h4,14,16,18-20H,1,5-13H2,2-3H3;1-2H3/t14?,16-,18?,19?,20?,21?;/m0./s1. The molecule has 0 heterocycles. The summed E-state index contributed by atoms with van der Waals surface area (Å²) >= 11 is 0. The predicted octanol–water partition coefficient (Wildman–Crippen LogP) is 7.17. The van der Waals surface area contributed by atoms with Gasteiger partial charge in [0.2, 0.25) is 0 Å². The van der Waals surface area contributed by atoms with Crippen LogP contribution in [-0.4, -0.2) is 0 Å². The predicted molar refractivity (Wildman–Crippen MR) is 101 cm³/mol. The topological polar surface area (TPSA) is 0 Å². The maximum Gasteiger partial charge on any atom is -0.0169 e. The Balaban J connectivity index is 0.000000753. The molecule has 2 fully saturated rings. The van der Waals surface area contributed by atoms with Crippen LogP contribution in [0.5, 0.6) is 0 Å². The van der Waals surface area contributed by atoms with E-state index in [1.807, 2.05) is 25.0 Å². The van der Waals surface area contributed by atoms with Gasteiger partial charge in [-0.15, -0.1) is 6.58 Å². The molecule has 130 valence electrons. The molecular formula is C23H38. The Labute approximate surface area is 144 Å². The van der Waals surface area contributed by atoms with Crippen molar-refractivity contribution < 1.29 is 0 Å². The van der Waals surface area contributed by atoms with Crippen LogP contribution in [0.3, 0.4) is 0 Å². The Morgan fingerprint density at radius 3 is 2.57 bits per heavy atom. The van der Waals surface area contributed by atoms with E-state index < -0.39 is 0 Å². The van der Waals surface area contributed by atoms with Gasteiger partial charge in [0.1, 0.15) is 0 Å². The molecule has 0 aromatic heterocycles. The third-order valence-electron chi connectivity index (χ3n) is 7.98. The van der Waals surface area contributed by atoms with Crippen LogP contribution in [0.4, 0.5) is 0 Å². The first kappa shape index (κ1) is 17.3. The van der Waals surface area contributed by atoms with Crippen molar-refractivity contribution in [1.82, 2.24) is 0 Å². The molecule has 4 aliphatic rings. The van der Waals surface area contributed by atoms with E-state index in [4.69, 9.17) is 0 Å². The highest BCUT2D eigenvalue weighted by Crippen LogP contribution is 2.63. The van der Waals surface area contributed by atoms with Crippen LogP contribution in [0.25, 0.3) is 0 Å². The second kappa shape index (κ2) is 6.77. The molecular weight excluding hydrogens is 276 g/mol. The number of rotatable bonds is 1. The minimum absolute atomic E-state index is 0.586. The molecule has 0 amide bonds. The highest BCUT2D eigenvalue weighted by Gasteiger charge is 2.54. The minimum atomic E-state index is 0.586. The average molecular weight is 315 g/mol. The SMILES string of the molecule is C=C[C@H]1CCC2C3CCC4=C(CCC(C)C4)C3CCC21C.CC. The number of hydrogen-bond donors (Lipinski definition) is 0. The van der Waals surface area contributed by atoms with Crippen LogP contribution in [0.1, 0.15) is 85.5 Å². The molecule has 0 heteroatoms. The van der Waals surface area contributed by atoms with Crippen LogP contribution in [-0.2, 0) is 0 Å². The maximum absolute atomic E-state index is 4.15. The van der Waals surface area contributed by atoms with Crippen molar-refractivity contribution >= 4 is 0 Å². The zero-order valence-electron chi connectivity index (χ0n) is 16.0. The van der Waals surface area contributed by atoms with E-state index in [2.05, 4.69) is 26.5 Å². The molecule has 0 N–H and O–H groups in total. The van der Waals surface area contributed by atoms with Gasteiger partial charge in [-0.2, -0.15) is 0 Å². The molecule has 0 spiro atoms. The van der Waals surface area contributed by atoms with E-state index in [-0.39, 0.29) is 0 Å². The summed E-state index contributed by atoms with van der Waals surface area (Å²) in [7, 11) is 0. The van der Waals surface area contributed by atoms with Gasteiger partial charge < -0.3 is 0 Å². The summed E-state index contributed by atoms with van der Waals surface area (Å²) in [6.45, 7) is 13.2. The molecule has 4 aliphatic carbocycles. The normalized spacial score (nSPS) is 45.3. The second-order valence-electron chi connectivity index (χ2n) is 8.86. The molecule has 0 radical (unpaired) electrons. The summed E-state index contributed by atoms with van der Waals surface area (Å²) in [5.41, 5.74) is 4.44. The first-order chi connectivity index (χ1) is 11.1. The first-order valence-corrected chi connectivity index (χ1v) is 10.5. The van der Waals surface area contributed by atoms with Crippen LogP contribution < -0.4 is 0 Å². The molecule has 0 aliphatic heterocycles. The van der Waals surface area contributed by atoms with Gasteiger partial charge in [0.25, 0.3) is 0 Å².